The fourth-order valence-electron chi connectivity index (χ4n) is 3.91. The maximum absolute atomic E-state index is 6.15. The standard InChI is InChI=1S/C21H42N4O2/c1-5-22-21(23-12-15-24(6-2)18(3)4)25-13-10-19(11-14-25)27-17-20-9-7-8-16-26-20/h18-20H,5-17H2,1-4H3,(H,22,23). The molecule has 2 aliphatic heterocycles. The van der Waals surface area contributed by atoms with Crippen LogP contribution >= 0.6 is 0 Å². The lowest BCUT2D eigenvalue weighted by molar-refractivity contribution is -0.0721. The molecule has 6 nitrogen and oxygen atoms in total. The van der Waals surface area contributed by atoms with E-state index in [1.54, 1.807) is 0 Å². The summed E-state index contributed by atoms with van der Waals surface area (Å²) in [5.41, 5.74) is 0. The Morgan fingerprint density at radius 1 is 1.22 bits per heavy atom. The Bertz CT molecular complexity index is 416. The summed E-state index contributed by atoms with van der Waals surface area (Å²) in [7, 11) is 0. The lowest BCUT2D eigenvalue weighted by atomic mass is 10.1. The molecular formula is C21H42N4O2. The molecule has 2 saturated heterocycles. The predicted octanol–water partition coefficient (Wildman–Crippen LogP) is 2.73. The van der Waals surface area contributed by atoms with E-state index < -0.39 is 0 Å². The first kappa shape index (κ1) is 22.4. The molecule has 27 heavy (non-hydrogen) atoms. The van der Waals surface area contributed by atoms with Gasteiger partial charge in [0.2, 0.25) is 0 Å². The largest absolute Gasteiger partial charge is 0.376 e. The lowest BCUT2D eigenvalue weighted by Crippen LogP contribution is -2.47. The lowest BCUT2D eigenvalue weighted by Gasteiger charge is -2.35. The van der Waals surface area contributed by atoms with Crippen molar-refractivity contribution < 1.29 is 9.47 Å². The van der Waals surface area contributed by atoms with Gasteiger partial charge in [0.25, 0.3) is 0 Å². The van der Waals surface area contributed by atoms with Crippen molar-refractivity contribution in [3.05, 3.63) is 0 Å². The van der Waals surface area contributed by atoms with Crippen LogP contribution < -0.4 is 5.32 Å². The van der Waals surface area contributed by atoms with Crippen LogP contribution in [0.3, 0.4) is 0 Å². The molecule has 1 atom stereocenters. The molecule has 2 aliphatic rings. The molecule has 158 valence electrons. The molecule has 0 radical (unpaired) electrons. The van der Waals surface area contributed by atoms with Crippen LogP contribution in [0, 0.1) is 0 Å². The van der Waals surface area contributed by atoms with E-state index in [9.17, 15) is 0 Å². The molecule has 2 fully saturated rings. The molecule has 0 saturated carbocycles. The number of likely N-dealkylation sites (N-methyl/N-ethyl adjacent to an activating group) is 1. The second-order valence-corrected chi connectivity index (χ2v) is 7.97. The van der Waals surface area contributed by atoms with Gasteiger partial charge in [0.15, 0.2) is 5.96 Å². The van der Waals surface area contributed by atoms with Crippen LogP contribution in [0.2, 0.25) is 0 Å². The van der Waals surface area contributed by atoms with Crippen molar-refractivity contribution in [2.24, 2.45) is 4.99 Å². The number of nitrogens with one attached hydrogen (secondary N) is 1. The zero-order valence-electron chi connectivity index (χ0n) is 18.1. The number of piperidine rings is 1. The minimum atomic E-state index is 0.318. The van der Waals surface area contributed by atoms with E-state index >= 15 is 0 Å². The van der Waals surface area contributed by atoms with Gasteiger partial charge in [0, 0.05) is 38.8 Å². The molecule has 2 rings (SSSR count). The Labute approximate surface area is 166 Å². The highest BCUT2D eigenvalue weighted by molar-refractivity contribution is 5.80. The maximum Gasteiger partial charge on any atom is 0.193 e. The SMILES string of the molecule is CCNC(=NCCN(CC)C(C)C)N1CCC(OCC2CCCCO2)CC1. The van der Waals surface area contributed by atoms with Gasteiger partial charge < -0.3 is 19.7 Å². The zero-order valence-corrected chi connectivity index (χ0v) is 18.1. The third kappa shape index (κ3) is 7.96. The summed E-state index contributed by atoms with van der Waals surface area (Å²) in [6.45, 7) is 16.4. The number of guanidine groups is 1. The Morgan fingerprint density at radius 3 is 2.59 bits per heavy atom. The van der Waals surface area contributed by atoms with Crippen molar-refractivity contribution in [1.82, 2.24) is 15.1 Å². The van der Waals surface area contributed by atoms with Crippen molar-refractivity contribution in [3.8, 4) is 0 Å². The average Bonchev–Trinajstić information content (AvgIpc) is 2.70. The fourth-order valence-corrected chi connectivity index (χ4v) is 3.91. The van der Waals surface area contributed by atoms with Gasteiger partial charge in [0.1, 0.15) is 0 Å². The highest BCUT2D eigenvalue weighted by Crippen LogP contribution is 2.18. The average molecular weight is 383 g/mol. The molecule has 0 aromatic carbocycles. The van der Waals surface area contributed by atoms with Gasteiger partial charge in [-0.05, 0) is 59.4 Å². The van der Waals surface area contributed by atoms with Gasteiger partial charge in [0.05, 0.1) is 25.4 Å². The predicted molar refractivity (Wildman–Crippen MR) is 112 cm³/mol. The Balaban J connectivity index is 1.73. The first-order valence-electron chi connectivity index (χ1n) is 11.1. The Morgan fingerprint density at radius 2 is 2.00 bits per heavy atom. The summed E-state index contributed by atoms with van der Waals surface area (Å²) in [5.74, 6) is 1.06. The van der Waals surface area contributed by atoms with Crippen molar-refractivity contribution in [3.63, 3.8) is 0 Å². The van der Waals surface area contributed by atoms with Crippen molar-refractivity contribution >= 4 is 5.96 Å². The molecular weight excluding hydrogens is 340 g/mol. The molecule has 0 aromatic heterocycles. The molecule has 1 N–H and O–H groups in total. The van der Waals surface area contributed by atoms with Crippen molar-refractivity contribution in [2.45, 2.75) is 78.0 Å². The summed E-state index contributed by atoms with van der Waals surface area (Å²) in [6, 6.07) is 0.578. The number of likely N-dealkylation sites (tertiary alicyclic amines) is 1. The van der Waals surface area contributed by atoms with Gasteiger partial charge in [-0.3, -0.25) is 9.89 Å². The van der Waals surface area contributed by atoms with E-state index in [1.807, 2.05) is 0 Å². The van der Waals surface area contributed by atoms with Gasteiger partial charge in [-0.25, -0.2) is 0 Å². The number of ether oxygens (including phenoxy) is 2. The van der Waals surface area contributed by atoms with Crippen LogP contribution in [-0.2, 0) is 9.47 Å². The zero-order chi connectivity index (χ0) is 19.5. The smallest absolute Gasteiger partial charge is 0.193 e. The normalized spacial score (nSPS) is 22.7. The summed E-state index contributed by atoms with van der Waals surface area (Å²) in [6.07, 6.45) is 6.47. The van der Waals surface area contributed by atoms with Crippen LogP contribution in [-0.4, -0.2) is 86.5 Å². The maximum atomic E-state index is 6.15. The molecule has 0 aromatic rings. The van der Waals surface area contributed by atoms with E-state index in [4.69, 9.17) is 14.5 Å². The number of nitrogens with zero attached hydrogens (tertiary/aromatic N) is 3. The van der Waals surface area contributed by atoms with Crippen LogP contribution in [0.25, 0.3) is 0 Å². The van der Waals surface area contributed by atoms with E-state index in [2.05, 4.69) is 42.8 Å². The van der Waals surface area contributed by atoms with Crippen LogP contribution in [0.15, 0.2) is 4.99 Å². The molecule has 0 aliphatic carbocycles. The molecule has 0 amide bonds. The van der Waals surface area contributed by atoms with Gasteiger partial charge >= 0.3 is 0 Å². The highest BCUT2D eigenvalue weighted by Gasteiger charge is 2.23. The number of hydrogen-bond donors (Lipinski definition) is 1. The van der Waals surface area contributed by atoms with E-state index in [-0.39, 0.29) is 0 Å². The van der Waals surface area contributed by atoms with Gasteiger partial charge in [-0.1, -0.05) is 6.92 Å². The number of rotatable bonds is 9. The van der Waals surface area contributed by atoms with Crippen LogP contribution in [0.1, 0.15) is 59.8 Å². The third-order valence-electron chi connectivity index (χ3n) is 5.65. The third-order valence-corrected chi connectivity index (χ3v) is 5.65. The monoisotopic (exact) mass is 382 g/mol. The van der Waals surface area contributed by atoms with E-state index in [1.165, 1.54) is 12.8 Å². The minimum Gasteiger partial charge on any atom is -0.376 e. The van der Waals surface area contributed by atoms with Crippen molar-refractivity contribution in [2.75, 3.05) is 52.5 Å². The minimum absolute atomic E-state index is 0.318. The molecule has 6 heteroatoms. The van der Waals surface area contributed by atoms with E-state index in [0.29, 0.717) is 18.2 Å². The van der Waals surface area contributed by atoms with E-state index in [0.717, 1.165) is 77.7 Å². The Hall–Kier alpha value is -0.850. The van der Waals surface area contributed by atoms with Crippen molar-refractivity contribution in [1.29, 1.82) is 0 Å². The van der Waals surface area contributed by atoms with Gasteiger partial charge in [-0.2, -0.15) is 0 Å². The molecule has 2 heterocycles. The molecule has 0 spiro atoms. The van der Waals surface area contributed by atoms with Crippen LogP contribution in [0.4, 0.5) is 0 Å². The number of aliphatic imine (C=N–C) groups is 1. The summed E-state index contributed by atoms with van der Waals surface area (Å²) < 4.78 is 11.9. The molecule has 1 unspecified atom stereocenters. The van der Waals surface area contributed by atoms with Gasteiger partial charge in [-0.15, -0.1) is 0 Å². The quantitative estimate of drug-likeness (QED) is 0.491. The second kappa shape index (κ2) is 12.6. The summed E-state index contributed by atoms with van der Waals surface area (Å²) in [4.78, 5) is 9.73. The summed E-state index contributed by atoms with van der Waals surface area (Å²) >= 11 is 0. The summed E-state index contributed by atoms with van der Waals surface area (Å²) in [5, 5.41) is 3.47. The topological polar surface area (TPSA) is 49.3 Å². The van der Waals surface area contributed by atoms with Crippen LogP contribution in [0.5, 0.6) is 0 Å². The highest BCUT2D eigenvalue weighted by atomic mass is 16.5. The fraction of sp³-hybridized carbons (Fsp3) is 0.952. The second-order valence-electron chi connectivity index (χ2n) is 7.97. The number of hydrogen-bond acceptors (Lipinski definition) is 4. The molecule has 0 bridgehead atoms. The first-order valence-corrected chi connectivity index (χ1v) is 11.1. The first-order chi connectivity index (χ1) is 13.1. The Kier molecular flexibility index (Phi) is 10.5.